The van der Waals surface area contributed by atoms with Crippen molar-refractivity contribution in [2.75, 3.05) is 13.1 Å². The van der Waals surface area contributed by atoms with Gasteiger partial charge in [-0.05, 0) is 56.1 Å². The third-order valence-corrected chi connectivity index (χ3v) is 5.11. The number of likely N-dealkylation sites (tertiary alicyclic amines) is 1. The number of carbonyl (C=O) groups excluding carboxylic acids is 1. The van der Waals surface area contributed by atoms with Gasteiger partial charge in [0.25, 0.3) is 5.91 Å². The molecular weight excluding hydrogens is 368 g/mol. The van der Waals surface area contributed by atoms with E-state index in [4.69, 9.17) is 11.6 Å². The maximum absolute atomic E-state index is 12.5. The van der Waals surface area contributed by atoms with Crippen LogP contribution in [0.15, 0.2) is 30.3 Å². The molecule has 1 unspecified atom stereocenters. The average molecular weight is 391 g/mol. The molecule has 1 fully saturated rings. The molecule has 1 heterocycles. The van der Waals surface area contributed by atoms with E-state index in [2.05, 4.69) is 10.2 Å². The Morgan fingerprint density at radius 3 is 2.78 bits per heavy atom. The number of carbonyl (C=O) groups is 1. The smallest absolute Gasteiger partial charge is 0.255 e. The molecule has 1 saturated heterocycles. The molecule has 0 radical (unpaired) electrons. The van der Waals surface area contributed by atoms with Gasteiger partial charge in [0.15, 0.2) is 11.5 Å². The lowest BCUT2D eigenvalue weighted by Crippen LogP contribution is -2.47. The summed E-state index contributed by atoms with van der Waals surface area (Å²) in [6.07, 6.45) is 1.72. The van der Waals surface area contributed by atoms with Gasteiger partial charge in [-0.1, -0.05) is 17.7 Å². The Morgan fingerprint density at radius 1 is 1.22 bits per heavy atom. The summed E-state index contributed by atoms with van der Waals surface area (Å²) in [6, 6.07) is 7.97. The number of piperidine rings is 1. The Kier molecular flexibility index (Phi) is 5.77. The number of aryl methyl sites for hydroxylation is 1. The molecule has 7 heteroatoms. The van der Waals surface area contributed by atoms with Crippen molar-refractivity contribution in [3.8, 4) is 17.2 Å². The van der Waals surface area contributed by atoms with Gasteiger partial charge in [0, 0.05) is 29.7 Å². The number of rotatable bonds is 4. The molecule has 0 spiro atoms. The van der Waals surface area contributed by atoms with Crippen molar-refractivity contribution in [3.05, 3.63) is 52.0 Å². The molecule has 4 N–H and O–H groups in total. The first kappa shape index (κ1) is 19.3. The quantitative estimate of drug-likeness (QED) is 0.602. The zero-order valence-corrected chi connectivity index (χ0v) is 15.8. The second kappa shape index (κ2) is 8.06. The summed E-state index contributed by atoms with van der Waals surface area (Å²) in [5.74, 6) is -0.890. The SMILES string of the molecule is Cc1ccc(C(=O)NC2CCCN(Cc3cc(Cl)ccc3O)C2)c(O)c1O. The van der Waals surface area contributed by atoms with Crippen LogP contribution in [0.5, 0.6) is 17.2 Å². The minimum absolute atomic E-state index is 0.0581. The third-order valence-electron chi connectivity index (χ3n) is 4.87. The zero-order chi connectivity index (χ0) is 19.6. The highest BCUT2D eigenvalue weighted by Gasteiger charge is 2.24. The van der Waals surface area contributed by atoms with Gasteiger partial charge in [0.1, 0.15) is 5.75 Å². The Hall–Kier alpha value is -2.44. The number of amides is 1. The first-order chi connectivity index (χ1) is 12.8. The van der Waals surface area contributed by atoms with Gasteiger partial charge in [-0.3, -0.25) is 9.69 Å². The van der Waals surface area contributed by atoms with E-state index in [9.17, 15) is 20.1 Å². The predicted octanol–water partition coefficient (Wildman–Crippen LogP) is 3.16. The van der Waals surface area contributed by atoms with Crippen LogP contribution in [0.25, 0.3) is 0 Å². The van der Waals surface area contributed by atoms with Gasteiger partial charge in [0.05, 0.1) is 5.56 Å². The molecule has 0 bridgehead atoms. The number of hydrogen-bond acceptors (Lipinski definition) is 5. The number of benzene rings is 2. The van der Waals surface area contributed by atoms with Crippen molar-refractivity contribution in [1.82, 2.24) is 10.2 Å². The summed E-state index contributed by atoms with van der Waals surface area (Å²) in [5.41, 5.74) is 1.31. The van der Waals surface area contributed by atoms with Crippen LogP contribution in [-0.4, -0.2) is 45.3 Å². The summed E-state index contributed by atoms with van der Waals surface area (Å²) in [5, 5.41) is 33.3. The van der Waals surface area contributed by atoms with Crippen molar-refractivity contribution in [2.45, 2.75) is 32.4 Å². The number of nitrogens with one attached hydrogen (secondary N) is 1. The van der Waals surface area contributed by atoms with Crippen LogP contribution in [0.3, 0.4) is 0 Å². The molecule has 6 nitrogen and oxygen atoms in total. The van der Waals surface area contributed by atoms with Crippen LogP contribution >= 0.6 is 11.6 Å². The van der Waals surface area contributed by atoms with Crippen LogP contribution in [-0.2, 0) is 6.54 Å². The number of nitrogens with zero attached hydrogens (tertiary/aromatic N) is 1. The first-order valence-electron chi connectivity index (χ1n) is 8.87. The molecule has 144 valence electrons. The normalized spacial score (nSPS) is 17.6. The Labute approximate surface area is 163 Å². The molecule has 1 amide bonds. The van der Waals surface area contributed by atoms with Gasteiger partial charge >= 0.3 is 0 Å². The average Bonchev–Trinajstić information content (AvgIpc) is 2.63. The highest BCUT2D eigenvalue weighted by Crippen LogP contribution is 2.32. The summed E-state index contributed by atoms with van der Waals surface area (Å²) in [4.78, 5) is 14.6. The maximum atomic E-state index is 12.5. The standard InChI is InChI=1S/C20H23ClN2O4/c1-12-4-6-16(19(26)18(12)25)20(27)22-15-3-2-8-23(11-15)10-13-9-14(21)5-7-17(13)24/h4-7,9,15,24-26H,2-3,8,10-11H2,1H3,(H,22,27). The molecule has 3 rings (SSSR count). The lowest BCUT2D eigenvalue weighted by Gasteiger charge is -2.33. The van der Waals surface area contributed by atoms with Gasteiger partial charge in [-0.15, -0.1) is 0 Å². The molecule has 27 heavy (non-hydrogen) atoms. The number of phenols is 3. The van der Waals surface area contributed by atoms with E-state index in [1.165, 1.54) is 6.07 Å². The topological polar surface area (TPSA) is 93.0 Å². The van der Waals surface area contributed by atoms with Gasteiger partial charge in [-0.25, -0.2) is 0 Å². The molecule has 0 aliphatic carbocycles. The van der Waals surface area contributed by atoms with Crippen molar-refractivity contribution in [3.63, 3.8) is 0 Å². The monoisotopic (exact) mass is 390 g/mol. The number of aromatic hydroxyl groups is 3. The van der Waals surface area contributed by atoms with E-state index < -0.39 is 11.7 Å². The second-order valence-electron chi connectivity index (χ2n) is 6.95. The Bertz CT molecular complexity index is 856. The first-order valence-corrected chi connectivity index (χ1v) is 9.25. The molecule has 1 aliphatic heterocycles. The molecule has 0 saturated carbocycles. The predicted molar refractivity (Wildman–Crippen MR) is 103 cm³/mol. The van der Waals surface area contributed by atoms with Gasteiger partial charge < -0.3 is 20.6 Å². The van der Waals surface area contributed by atoms with Crippen LogP contribution in [0, 0.1) is 6.92 Å². The van der Waals surface area contributed by atoms with Gasteiger partial charge in [-0.2, -0.15) is 0 Å². The van der Waals surface area contributed by atoms with E-state index in [0.717, 1.165) is 24.9 Å². The number of halogens is 1. The largest absolute Gasteiger partial charge is 0.508 e. The number of hydrogen-bond donors (Lipinski definition) is 4. The summed E-state index contributed by atoms with van der Waals surface area (Å²) in [7, 11) is 0. The van der Waals surface area contributed by atoms with Crippen molar-refractivity contribution < 1.29 is 20.1 Å². The summed E-state index contributed by atoms with van der Waals surface area (Å²) in [6.45, 7) is 3.67. The highest BCUT2D eigenvalue weighted by molar-refractivity contribution is 6.30. The van der Waals surface area contributed by atoms with E-state index in [-0.39, 0.29) is 23.1 Å². The zero-order valence-electron chi connectivity index (χ0n) is 15.1. The van der Waals surface area contributed by atoms with Crippen molar-refractivity contribution >= 4 is 17.5 Å². The molecule has 2 aromatic rings. The Balaban J connectivity index is 1.65. The fourth-order valence-corrected chi connectivity index (χ4v) is 3.56. The minimum Gasteiger partial charge on any atom is -0.508 e. The molecule has 2 aromatic carbocycles. The van der Waals surface area contributed by atoms with Crippen molar-refractivity contribution in [1.29, 1.82) is 0 Å². The van der Waals surface area contributed by atoms with Gasteiger partial charge in [0.2, 0.25) is 0 Å². The van der Waals surface area contributed by atoms with Crippen LogP contribution in [0.2, 0.25) is 5.02 Å². The maximum Gasteiger partial charge on any atom is 0.255 e. The van der Waals surface area contributed by atoms with E-state index in [1.807, 2.05) is 0 Å². The third kappa shape index (κ3) is 4.46. The Morgan fingerprint density at radius 2 is 2.00 bits per heavy atom. The van der Waals surface area contributed by atoms with E-state index in [1.54, 1.807) is 31.2 Å². The van der Waals surface area contributed by atoms with Crippen LogP contribution in [0.4, 0.5) is 0 Å². The highest BCUT2D eigenvalue weighted by atomic mass is 35.5. The van der Waals surface area contributed by atoms with E-state index in [0.29, 0.717) is 23.7 Å². The summed E-state index contributed by atoms with van der Waals surface area (Å²) < 4.78 is 0. The van der Waals surface area contributed by atoms with E-state index >= 15 is 0 Å². The second-order valence-corrected chi connectivity index (χ2v) is 7.38. The molecule has 1 atom stereocenters. The molecular formula is C20H23ClN2O4. The van der Waals surface area contributed by atoms with Crippen LogP contribution in [0.1, 0.15) is 34.3 Å². The van der Waals surface area contributed by atoms with Crippen LogP contribution < -0.4 is 5.32 Å². The molecule has 0 aromatic heterocycles. The number of phenolic OH excluding ortho intramolecular Hbond substituents is 3. The lowest BCUT2D eigenvalue weighted by molar-refractivity contribution is 0.0897. The van der Waals surface area contributed by atoms with Crippen molar-refractivity contribution in [2.24, 2.45) is 0 Å². The fourth-order valence-electron chi connectivity index (χ4n) is 3.37. The molecule has 1 aliphatic rings. The lowest BCUT2D eigenvalue weighted by atomic mass is 10.0. The fraction of sp³-hybridized carbons (Fsp3) is 0.350. The summed E-state index contributed by atoms with van der Waals surface area (Å²) >= 11 is 6.01. The minimum atomic E-state index is -0.416.